The van der Waals surface area contributed by atoms with Gasteiger partial charge in [-0.15, -0.1) is 5.10 Å². The first-order valence-electron chi connectivity index (χ1n) is 11.0. The van der Waals surface area contributed by atoms with E-state index in [1.165, 1.54) is 70.5 Å². The lowest BCUT2D eigenvalue weighted by Crippen LogP contribution is -2.54. The molecule has 3 N–H and O–H groups in total. The van der Waals surface area contributed by atoms with Crippen LogP contribution in [0.4, 0.5) is 25.1 Å². The van der Waals surface area contributed by atoms with Gasteiger partial charge in [-0.05, 0) is 42.5 Å². The van der Waals surface area contributed by atoms with Gasteiger partial charge in [0.05, 0.1) is 31.1 Å². The molecule has 11 nitrogen and oxygen atoms in total. The number of hydrogen-bond donors (Lipinski definition) is 3. The van der Waals surface area contributed by atoms with E-state index in [0.29, 0.717) is 5.69 Å². The van der Waals surface area contributed by atoms with Gasteiger partial charge >= 0.3 is 6.03 Å². The van der Waals surface area contributed by atoms with Crippen LogP contribution < -0.4 is 15.4 Å². The van der Waals surface area contributed by atoms with E-state index in [0.717, 1.165) is 6.07 Å². The quantitative estimate of drug-likeness (QED) is 0.365. The lowest BCUT2D eigenvalue weighted by Gasteiger charge is -2.35. The number of β-amino-alcohol motifs (C(OH)–C–C–N with tert-alkyl or cyclic N) is 1. The molecule has 2 aromatic carbocycles. The van der Waals surface area contributed by atoms with E-state index < -0.39 is 29.7 Å². The molecule has 188 valence electrons. The minimum atomic E-state index is -0.746. The molecule has 1 aliphatic rings. The highest BCUT2D eigenvalue weighted by molar-refractivity contribution is 6.02. The Balaban J connectivity index is 1.21. The minimum absolute atomic E-state index is 0.0239. The number of carbonyl (C=O) groups is 2. The number of aliphatic hydroxyl groups excluding tert-OH is 1. The average Bonchev–Trinajstić information content (AvgIpc) is 3.35. The van der Waals surface area contributed by atoms with Gasteiger partial charge in [0.15, 0.2) is 17.3 Å². The molecule has 0 radical (unpaired) electrons. The molecule has 0 atom stereocenters. The molecule has 1 saturated heterocycles. The third-order valence-corrected chi connectivity index (χ3v) is 5.35. The molecular formula is C24H19F2N7O4. The Morgan fingerprint density at radius 1 is 1.03 bits per heavy atom. The van der Waals surface area contributed by atoms with Gasteiger partial charge in [-0.25, -0.2) is 23.2 Å². The van der Waals surface area contributed by atoms with Crippen molar-refractivity contribution in [2.24, 2.45) is 0 Å². The number of urea groups is 1. The fourth-order valence-corrected chi connectivity index (χ4v) is 3.42. The molecule has 0 aliphatic carbocycles. The third-order valence-electron chi connectivity index (χ3n) is 5.35. The van der Waals surface area contributed by atoms with Crippen molar-refractivity contribution >= 4 is 23.4 Å². The number of carbonyl (C=O) groups excluding carboxylic acids is 2. The van der Waals surface area contributed by atoms with Crippen LogP contribution in [0.2, 0.25) is 0 Å². The van der Waals surface area contributed by atoms with Crippen molar-refractivity contribution in [2.75, 3.05) is 23.7 Å². The maximum Gasteiger partial charge on any atom is 0.323 e. The topological polar surface area (TPSA) is 134 Å². The summed E-state index contributed by atoms with van der Waals surface area (Å²) in [6.45, 7) is 0.478. The van der Waals surface area contributed by atoms with Crippen LogP contribution in [-0.4, -0.2) is 61.1 Å². The highest BCUT2D eigenvalue weighted by Gasteiger charge is 2.29. The highest BCUT2D eigenvalue weighted by Crippen LogP contribution is 2.28. The first-order chi connectivity index (χ1) is 17.8. The summed E-state index contributed by atoms with van der Waals surface area (Å²) in [7, 11) is 0. The lowest BCUT2D eigenvalue weighted by atomic mass is 10.2. The standard InChI is InChI=1S/C24H19F2N7O4/c25-14-1-4-16(5-2-14)33-13-20(30-31-33)23(35)28-15-3-6-21(19(26)9-15)37-18-7-8-27-22(10-18)29-24(36)32-11-17(34)12-32/h1-10,13,17,34H,11-12H2,(H,28,35)(H,27,29,36). The van der Waals surface area contributed by atoms with Gasteiger partial charge in [0.25, 0.3) is 5.91 Å². The number of ether oxygens (including phenoxy) is 1. The summed E-state index contributed by atoms with van der Waals surface area (Å²) in [5, 5.41) is 22.1. The zero-order chi connectivity index (χ0) is 25.9. The van der Waals surface area contributed by atoms with Gasteiger partial charge in [-0.2, -0.15) is 0 Å². The smallest absolute Gasteiger partial charge is 0.323 e. The number of aliphatic hydroxyl groups is 1. The predicted octanol–water partition coefficient (Wildman–Crippen LogP) is 3.19. The van der Waals surface area contributed by atoms with Gasteiger partial charge < -0.3 is 20.1 Å². The Morgan fingerprint density at radius 3 is 2.54 bits per heavy atom. The first kappa shape index (κ1) is 23.8. The monoisotopic (exact) mass is 507 g/mol. The van der Waals surface area contributed by atoms with Gasteiger partial charge in [-0.1, -0.05) is 5.21 Å². The van der Waals surface area contributed by atoms with Crippen LogP contribution in [0.5, 0.6) is 11.5 Å². The average molecular weight is 507 g/mol. The number of aromatic nitrogens is 4. The second kappa shape index (κ2) is 9.99. The van der Waals surface area contributed by atoms with Crippen molar-refractivity contribution in [3.8, 4) is 17.2 Å². The molecule has 1 aliphatic heterocycles. The van der Waals surface area contributed by atoms with Crippen LogP contribution in [0.15, 0.2) is 67.0 Å². The van der Waals surface area contributed by atoms with Crippen LogP contribution in [0.25, 0.3) is 5.69 Å². The molecule has 3 heterocycles. The minimum Gasteiger partial charge on any atom is -0.454 e. The van der Waals surface area contributed by atoms with Crippen molar-refractivity contribution in [2.45, 2.75) is 6.10 Å². The van der Waals surface area contributed by atoms with E-state index in [9.17, 15) is 23.5 Å². The van der Waals surface area contributed by atoms with E-state index >= 15 is 0 Å². The molecule has 0 spiro atoms. The first-order valence-corrected chi connectivity index (χ1v) is 11.0. The van der Waals surface area contributed by atoms with Crippen molar-refractivity contribution in [1.29, 1.82) is 0 Å². The molecule has 37 heavy (non-hydrogen) atoms. The number of pyridine rings is 1. The predicted molar refractivity (Wildman–Crippen MR) is 127 cm³/mol. The van der Waals surface area contributed by atoms with Crippen LogP contribution in [0, 0.1) is 11.6 Å². The van der Waals surface area contributed by atoms with Crippen molar-refractivity contribution in [3.05, 3.63) is 84.3 Å². The van der Waals surface area contributed by atoms with Crippen LogP contribution in [-0.2, 0) is 0 Å². The van der Waals surface area contributed by atoms with Gasteiger partial charge in [-0.3, -0.25) is 10.1 Å². The summed E-state index contributed by atoms with van der Waals surface area (Å²) >= 11 is 0. The Kier molecular flexibility index (Phi) is 6.43. The maximum atomic E-state index is 14.7. The molecule has 2 aromatic heterocycles. The number of halogens is 2. The van der Waals surface area contributed by atoms with E-state index in [2.05, 4.69) is 25.9 Å². The molecule has 13 heteroatoms. The largest absolute Gasteiger partial charge is 0.454 e. The molecule has 0 saturated carbocycles. The Hall–Kier alpha value is -4.91. The fraction of sp³-hybridized carbons (Fsp3) is 0.125. The summed E-state index contributed by atoms with van der Waals surface area (Å²) in [5.41, 5.74) is 0.647. The number of likely N-dealkylation sites (tertiary alicyclic amines) is 1. The highest BCUT2D eigenvalue weighted by atomic mass is 19.1. The summed E-state index contributed by atoms with van der Waals surface area (Å²) in [6.07, 6.45) is 2.22. The zero-order valence-electron chi connectivity index (χ0n) is 19.0. The Labute approximate surface area is 208 Å². The Morgan fingerprint density at radius 2 is 1.81 bits per heavy atom. The molecule has 0 unspecified atom stereocenters. The molecule has 1 fully saturated rings. The SMILES string of the molecule is O=C(Nc1ccc(Oc2ccnc(NC(=O)N3CC(O)C3)c2)c(F)c1)c1cn(-c2ccc(F)cc2)nn1. The number of nitrogens with zero attached hydrogens (tertiary/aromatic N) is 5. The molecular weight excluding hydrogens is 488 g/mol. The van der Waals surface area contributed by atoms with Crippen molar-refractivity contribution < 1.29 is 28.2 Å². The number of benzene rings is 2. The second-order valence-corrected chi connectivity index (χ2v) is 8.09. The molecule has 0 bridgehead atoms. The van der Waals surface area contributed by atoms with Crippen LogP contribution >= 0.6 is 0 Å². The lowest BCUT2D eigenvalue weighted by molar-refractivity contribution is 0.0308. The van der Waals surface area contributed by atoms with Gasteiger partial charge in [0.2, 0.25) is 0 Å². The summed E-state index contributed by atoms with van der Waals surface area (Å²) in [5.74, 6) is -1.47. The Bertz CT molecular complexity index is 1460. The van der Waals surface area contributed by atoms with Crippen LogP contribution in [0.3, 0.4) is 0 Å². The third kappa shape index (κ3) is 5.51. The van der Waals surface area contributed by atoms with Gasteiger partial charge in [0.1, 0.15) is 17.4 Å². The summed E-state index contributed by atoms with van der Waals surface area (Å²) < 4.78 is 34.7. The van der Waals surface area contributed by atoms with Crippen LogP contribution in [0.1, 0.15) is 10.5 Å². The fourth-order valence-electron chi connectivity index (χ4n) is 3.42. The number of anilines is 2. The molecule has 3 amide bonds. The molecule has 4 aromatic rings. The van der Waals surface area contributed by atoms with Crippen molar-refractivity contribution in [1.82, 2.24) is 24.9 Å². The van der Waals surface area contributed by atoms with E-state index in [-0.39, 0.29) is 41.8 Å². The summed E-state index contributed by atoms with van der Waals surface area (Å²) in [6, 6.07) is 11.8. The zero-order valence-corrected chi connectivity index (χ0v) is 19.0. The van der Waals surface area contributed by atoms with Gasteiger partial charge in [0, 0.05) is 24.0 Å². The van der Waals surface area contributed by atoms with E-state index in [1.54, 1.807) is 0 Å². The second-order valence-electron chi connectivity index (χ2n) is 8.09. The van der Waals surface area contributed by atoms with Crippen molar-refractivity contribution in [3.63, 3.8) is 0 Å². The van der Waals surface area contributed by atoms with E-state index in [4.69, 9.17) is 4.74 Å². The molecule has 5 rings (SSSR count). The normalized spacial score (nSPS) is 13.1. The number of hydrogen-bond acceptors (Lipinski definition) is 7. The summed E-state index contributed by atoms with van der Waals surface area (Å²) in [4.78, 5) is 30.0. The maximum absolute atomic E-state index is 14.7. The number of nitrogens with one attached hydrogen (secondary N) is 2. The van der Waals surface area contributed by atoms with E-state index in [1.807, 2.05) is 0 Å². The number of amides is 3. The number of rotatable bonds is 6.